The topological polar surface area (TPSA) is 49.3 Å². The van der Waals surface area contributed by atoms with Crippen LogP contribution in [0.15, 0.2) is 40.9 Å². The quantitative estimate of drug-likeness (QED) is 0.826. The van der Waals surface area contributed by atoms with Gasteiger partial charge in [-0.15, -0.1) is 0 Å². The fourth-order valence-corrected chi connectivity index (χ4v) is 1.92. The average Bonchev–Trinajstić information content (AvgIpc) is 2.36. The third-order valence-electron chi connectivity index (χ3n) is 2.40. The second-order valence-electron chi connectivity index (χ2n) is 3.72. The molecule has 0 atom stereocenters. The van der Waals surface area contributed by atoms with Crippen LogP contribution in [0.4, 0.5) is 14.5 Å². The zero-order valence-electron chi connectivity index (χ0n) is 9.45. The van der Waals surface area contributed by atoms with Gasteiger partial charge in [0, 0.05) is 6.07 Å². The molecule has 0 aliphatic rings. The summed E-state index contributed by atoms with van der Waals surface area (Å²) in [6.07, 6.45) is 0. The highest BCUT2D eigenvalue weighted by Gasteiger charge is 2.14. The van der Waals surface area contributed by atoms with Crippen LogP contribution >= 0.6 is 15.9 Å². The number of anilines is 1. The van der Waals surface area contributed by atoms with Gasteiger partial charge in [-0.25, -0.2) is 8.78 Å². The van der Waals surface area contributed by atoms with Gasteiger partial charge in [-0.2, -0.15) is 0 Å². The molecule has 2 aromatic rings. The highest BCUT2D eigenvalue weighted by Crippen LogP contribution is 2.23. The third-order valence-corrected chi connectivity index (χ3v) is 3.20. The van der Waals surface area contributed by atoms with E-state index in [9.17, 15) is 13.6 Å². The van der Waals surface area contributed by atoms with Crippen molar-refractivity contribution in [2.45, 2.75) is 0 Å². The van der Waals surface area contributed by atoms with E-state index in [0.29, 0.717) is 0 Å². The molecule has 0 radical (unpaired) electrons. The number of rotatable bonds is 2. The number of halogens is 3. The molecular formula is C13H8BrF2NO2. The number of benzene rings is 2. The van der Waals surface area contributed by atoms with E-state index in [1.165, 1.54) is 30.3 Å². The Kier molecular flexibility index (Phi) is 3.80. The van der Waals surface area contributed by atoms with Gasteiger partial charge in [-0.1, -0.05) is 6.07 Å². The average molecular weight is 328 g/mol. The first-order valence-corrected chi connectivity index (χ1v) is 6.02. The minimum Gasteiger partial charge on any atom is -0.508 e. The maximum absolute atomic E-state index is 13.4. The van der Waals surface area contributed by atoms with Gasteiger partial charge in [0.05, 0.1) is 15.7 Å². The lowest BCUT2D eigenvalue weighted by molar-refractivity contribution is 0.102. The molecule has 6 heteroatoms. The molecule has 0 aromatic heterocycles. The SMILES string of the molecule is O=C(Nc1ccc(O)cc1F)c1cccc(F)c1Br. The van der Waals surface area contributed by atoms with Crippen molar-refractivity contribution in [3.8, 4) is 5.75 Å². The molecule has 3 nitrogen and oxygen atoms in total. The Morgan fingerprint density at radius 1 is 1.16 bits per heavy atom. The molecule has 0 aliphatic heterocycles. The molecule has 2 N–H and O–H groups in total. The van der Waals surface area contributed by atoms with E-state index in [1.807, 2.05) is 0 Å². The van der Waals surface area contributed by atoms with E-state index in [2.05, 4.69) is 21.2 Å². The summed E-state index contributed by atoms with van der Waals surface area (Å²) < 4.78 is 26.7. The summed E-state index contributed by atoms with van der Waals surface area (Å²) in [6.45, 7) is 0. The molecule has 0 unspecified atom stereocenters. The molecule has 2 aromatic carbocycles. The molecule has 98 valence electrons. The van der Waals surface area contributed by atoms with Crippen LogP contribution < -0.4 is 5.32 Å². The van der Waals surface area contributed by atoms with Gasteiger partial charge in [0.25, 0.3) is 5.91 Å². The van der Waals surface area contributed by atoms with Gasteiger partial charge in [0.1, 0.15) is 17.4 Å². The van der Waals surface area contributed by atoms with E-state index >= 15 is 0 Å². The smallest absolute Gasteiger partial charge is 0.256 e. The maximum atomic E-state index is 13.4. The first-order chi connectivity index (χ1) is 8.99. The van der Waals surface area contributed by atoms with Crippen molar-refractivity contribution in [3.05, 3.63) is 58.1 Å². The lowest BCUT2D eigenvalue weighted by Crippen LogP contribution is -2.14. The first kappa shape index (κ1) is 13.5. The summed E-state index contributed by atoms with van der Waals surface area (Å²) in [5.74, 6) is -2.27. The Balaban J connectivity index is 2.28. The Hall–Kier alpha value is -1.95. The van der Waals surface area contributed by atoms with Crippen molar-refractivity contribution in [1.29, 1.82) is 0 Å². The highest BCUT2D eigenvalue weighted by molar-refractivity contribution is 9.10. The van der Waals surface area contributed by atoms with Crippen molar-refractivity contribution in [1.82, 2.24) is 0 Å². The second-order valence-corrected chi connectivity index (χ2v) is 4.51. The number of amides is 1. The predicted molar refractivity (Wildman–Crippen MR) is 70.1 cm³/mol. The highest BCUT2D eigenvalue weighted by atomic mass is 79.9. The van der Waals surface area contributed by atoms with Crippen molar-refractivity contribution >= 4 is 27.5 Å². The van der Waals surface area contributed by atoms with Crippen LogP contribution in [0.3, 0.4) is 0 Å². The molecule has 0 saturated carbocycles. The van der Waals surface area contributed by atoms with Gasteiger partial charge < -0.3 is 10.4 Å². The van der Waals surface area contributed by atoms with Crippen LogP contribution in [0.25, 0.3) is 0 Å². The Morgan fingerprint density at radius 3 is 2.58 bits per heavy atom. The second kappa shape index (κ2) is 5.36. The normalized spacial score (nSPS) is 10.3. The monoisotopic (exact) mass is 327 g/mol. The van der Waals surface area contributed by atoms with E-state index in [0.717, 1.165) is 6.07 Å². The third kappa shape index (κ3) is 2.90. The summed E-state index contributed by atoms with van der Waals surface area (Å²) in [7, 11) is 0. The Morgan fingerprint density at radius 2 is 1.89 bits per heavy atom. The van der Waals surface area contributed by atoms with Gasteiger partial charge in [-0.05, 0) is 40.2 Å². The molecule has 0 bridgehead atoms. The lowest BCUT2D eigenvalue weighted by atomic mass is 10.2. The minimum absolute atomic E-state index is 0.00619. The summed E-state index contributed by atoms with van der Waals surface area (Å²) >= 11 is 2.95. The zero-order chi connectivity index (χ0) is 14.0. The molecule has 0 aliphatic carbocycles. The largest absolute Gasteiger partial charge is 0.508 e. The number of carbonyl (C=O) groups excluding carboxylic acids is 1. The van der Waals surface area contributed by atoms with Crippen molar-refractivity contribution in [3.63, 3.8) is 0 Å². The molecule has 2 rings (SSSR count). The maximum Gasteiger partial charge on any atom is 0.256 e. The number of aromatic hydroxyl groups is 1. The number of carbonyl (C=O) groups is 1. The Labute approximate surface area is 116 Å². The molecule has 0 spiro atoms. The fourth-order valence-electron chi connectivity index (χ4n) is 1.47. The van der Waals surface area contributed by atoms with Crippen LogP contribution in [-0.4, -0.2) is 11.0 Å². The number of phenols is 1. The van der Waals surface area contributed by atoms with Crippen LogP contribution in [0.1, 0.15) is 10.4 Å². The summed E-state index contributed by atoms with van der Waals surface area (Å²) in [5, 5.41) is 11.4. The van der Waals surface area contributed by atoms with E-state index in [-0.39, 0.29) is 21.5 Å². The molecule has 0 saturated heterocycles. The first-order valence-electron chi connectivity index (χ1n) is 5.23. The summed E-state index contributed by atoms with van der Waals surface area (Å²) in [4.78, 5) is 11.9. The van der Waals surface area contributed by atoms with Crippen molar-refractivity contribution in [2.75, 3.05) is 5.32 Å². The van der Waals surface area contributed by atoms with Gasteiger partial charge in [0.2, 0.25) is 0 Å². The van der Waals surface area contributed by atoms with E-state index in [4.69, 9.17) is 5.11 Å². The van der Waals surface area contributed by atoms with Crippen LogP contribution in [0, 0.1) is 11.6 Å². The fraction of sp³-hybridized carbons (Fsp3) is 0. The van der Waals surface area contributed by atoms with Crippen molar-refractivity contribution in [2.24, 2.45) is 0 Å². The van der Waals surface area contributed by atoms with Crippen molar-refractivity contribution < 1.29 is 18.7 Å². The summed E-state index contributed by atoms with van der Waals surface area (Å²) in [5.41, 5.74) is -0.0496. The van der Waals surface area contributed by atoms with E-state index < -0.39 is 17.5 Å². The molecular weight excluding hydrogens is 320 g/mol. The van der Waals surface area contributed by atoms with Crippen LogP contribution in [0.5, 0.6) is 5.75 Å². The van der Waals surface area contributed by atoms with E-state index in [1.54, 1.807) is 0 Å². The van der Waals surface area contributed by atoms with Gasteiger partial charge in [0.15, 0.2) is 0 Å². The standard InChI is InChI=1S/C13H8BrF2NO2/c14-12-8(2-1-3-9(12)15)13(19)17-11-5-4-7(18)6-10(11)16/h1-6,18H,(H,17,19). The number of nitrogens with one attached hydrogen (secondary N) is 1. The number of hydrogen-bond donors (Lipinski definition) is 2. The molecule has 1 amide bonds. The van der Waals surface area contributed by atoms with Gasteiger partial charge >= 0.3 is 0 Å². The van der Waals surface area contributed by atoms with Crippen LogP contribution in [0.2, 0.25) is 0 Å². The minimum atomic E-state index is -0.777. The molecule has 0 heterocycles. The summed E-state index contributed by atoms with van der Waals surface area (Å²) in [6, 6.07) is 7.30. The molecule has 0 fully saturated rings. The molecule has 19 heavy (non-hydrogen) atoms. The van der Waals surface area contributed by atoms with Gasteiger partial charge in [-0.3, -0.25) is 4.79 Å². The lowest BCUT2D eigenvalue weighted by Gasteiger charge is -2.08. The van der Waals surface area contributed by atoms with Crippen LogP contribution in [-0.2, 0) is 0 Å². The number of hydrogen-bond acceptors (Lipinski definition) is 2. The predicted octanol–water partition coefficient (Wildman–Crippen LogP) is 3.69. The number of phenolic OH excluding ortho intramolecular Hbond substituents is 1. The Bertz CT molecular complexity index is 647. The zero-order valence-corrected chi connectivity index (χ0v) is 11.0.